The lowest BCUT2D eigenvalue weighted by Gasteiger charge is -2.22. The fourth-order valence-corrected chi connectivity index (χ4v) is 6.46. The Morgan fingerprint density at radius 3 is 2.61 bits per heavy atom. The van der Waals surface area contributed by atoms with Crippen molar-refractivity contribution in [2.24, 2.45) is 0 Å². The molecule has 0 bridgehead atoms. The van der Waals surface area contributed by atoms with Crippen LogP contribution in [0, 0.1) is 0 Å². The molecule has 5 heterocycles. The van der Waals surface area contributed by atoms with Crippen LogP contribution < -0.4 is 5.32 Å². The molecule has 1 N–H and O–H groups in total. The first kappa shape index (κ1) is 20.0. The van der Waals surface area contributed by atoms with E-state index in [0.717, 1.165) is 22.4 Å². The second-order valence-electron chi connectivity index (χ2n) is 8.51. The first-order valence-electron chi connectivity index (χ1n) is 10.9. The number of Topliss-reactive ketones (excluding diaryl/α,β-unsaturated/α-hetero) is 1. The highest BCUT2D eigenvalue weighted by molar-refractivity contribution is 7.91. The first-order chi connectivity index (χ1) is 16.0. The topological polar surface area (TPSA) is 106 Å². The molecule has 4 aromatic rings. The zero-order valence-corrected chi connectivity index (χ0v) is 18.5. The van der Waals surface area contributed by atoms with Gasteiger partial charge in [0.25, 0.3) is 0 Å². The lowest BCUT2D eigenvalue weighted by Crippen LogP contribution is -2.25. The zero-order valence-electron chi connectivity index (χ0n) is 17.7. The molecule has 2 aliphatic rings. The van der Waals surface area contributed by atoms with Gasteiger partial charge in [0.2, 0.25) is 0 Å². The molecule has 2 aliphatic heterocycles. The van der Waals surface area contributed by atoms with Gasteiger partial charge in [0, 0.05) is 41.8 Å². The highest BCUT2D eigenvalue weighted by Gasteiger charge is 2.36. The van der Waals surface area contributed by atoms with Crippen LogP contribution in [0.4, 0.5) is 5.82 Å². The Morgan fingerprint density at radius 2 is 1.88 bits per heavy atom. The second-order valence-corrected chi connectivity index (χ2v) is 10.7. The van der Waals surface area contributed by atoms with Crippen LogP contribution >= 0.6 is 0 Å². The van der Waals surface area contributed by atoms with Crippen molar-refractivity contribution in [1.82, 2.24) is 19.6 Å². The molecular formula is C24H21N5O3S. The van der Waals surface area contributed by atoms with Crippen LogP contribution in [-0.4, -0.2) is 51.8 Å². The lowest BCUT2D eigenvalue weighted by atomic mass is 9.94. The summed E-state index contributed by atoms with van der Waals surface area (Å²) in [5, 5.41) is 7.80. The minimum absolute atomic E-state index is 0.0205. The van der Waals surface area contributed by atoms with E-state index in [0.29, 0.717) is 42.1 Å². The number of ketones is 1. The summed E-state index contributed by atoms with van der Waals surface area (Å²) in [4.78, 5) is 22.3. The van der Waals surface area contributed by atoms with Crippen LogP contribution in [0.1, 0.15) is 34.8 Å². The van der Waals surface area contributed by atoms with Crippen molar-refractivity contribution in [3.05, 3.63) is 66.1 Å². The molecule has 6 rings (SSSR count). The molecule has 9 heteroatoms. The van der Waals surface area contributed by atoms with Crippen LogP contribution in [0.25, 0.3) is 28.0 Å². The van der Waals surface area contributed by atoms with E-state index in [4.69, 9.17) is 4.98 Å². The molecule has 1 fully saturated rings. The van der Waals surface area contributed by atoms with E-state index in [9.17, 15) is 13.2 Å². The van der Waals surface area contributed by atoms with Gasteiger partial charge >= 0.3 is 0 Å². The number of pyridine rings is 1. The minimum atomic E-state index is -3.13. The summed E-state index contributed by atoms with van der Waals surface area (Å²) in [5.41, 5.74) is 5.16. The van der Waals surface area contributed by atoms with Crippen LogP contribution in [-0.2, 0) is 9.84 Å². The number of aromatic nitrogens is 4. The van der Waals surface area contributed by atoms with Gasteiger partial charge < -0.3 is 5.32 Å². The maximum atomic E-state index is 12.8. The van der Waals surface area contributed by atoms with Crippen LogP contribution in [0.5, 0.6) is 0 Å². The van der Waals surface area contributed by atoms with Gasteiger partial charge in [0.05, 0.1) is 34.7 Å². The lowest BCUT2D eigenvalue weighted by molar-refractivity contribution is 0.0981. The summed E-state index contributed by atoms with van der Waals surface area (Å²) in [7, 11) is -3.13. The number of fused-ring (bicyclic) bond motifs is 3. The summed E-state index contributed by atoms with van der Waals surface area (Å²) in [6, 6.07) is 13.9. The van der Waals surface area contributed by atoms with Crippen molar-refractivity contribution in [2.75, 3.05) is 23.4 Å². The Morgan fingerprint density at radius 1 is 1.03 bits per heavy atom. The van der Waals surface area contributed by atoms with Crippen molar-refractivity contribution < 1.29 is 13.2 Å². The number of rotatable bonds is 3. The number of hydrogen-bond acceptors (Lipinski definition) is 7. The van der Waals surface area contributed by atoms with Crippen molar-refractivity contribution >= 4 is 27.1 Å². The third-order valence-electron chi connectivity index (χ3n) is 6.36. The number of nitrogens with zero attached hydrogens (tertiary/aromatic N) is 4. The van der Waals surface area contributed by atoms with E-state index in [1.807, 2.05) is 42.5 Å². The van der Waals surface area contributed by atoms with Crippen molar-refractivity contribution in [2.45, 2.75) is 18.8 Å². The number of benzene rings is 1. The highest BCUT2D eigenvalue weighted by Crippen LogP contribution is 2.37. The number of sulfone groups is 1. The van der Waals surface area contributed by atoms with Crippen LogP contribution in [0.15, 0.2) is 54.9 Å². The van der Waals surface area contributed by atoms with E-state index in [2.05, 4.69) is 15.4 Å². The molecule has 3 aromatic heterocycles. The Hall–Kier alpha value is -3.59. The Kier molecular flexibility index (Phi) is 4.55. The summed E-state index contributed by atoms with van der Waals surface area (Å²) in [5.74, 6) is 0.419. The van der Waals surface area contributed by atoms with Crippen LogP contribution in [0.3, 0.4) is 0 Å². The third kappa shape index (κ3) is 3.39. The molecular weight excluding hydrogens is 438 g/mol. The SMILES string of the molecule is O=C1CCNc2c1c(C1CCS(=O)(=O)C1)nc1c(-c3ccc(-c4ccccc4)nc3)cnn21. The first-order valence-corrected chi connectivity index (χ1v) is 12.7. The highest BCUT2D eigenvalue weighted by atomic mass is 32.2. The summed E-state index contributed by atoms with van der Waals surface area (Å²) in [6.45, 7) is 0.510. The van der Waals surface area contributed by atoms with Gasteiger partial charge in [-0.1, -0.05) is 36.4 Å². The Balaban J connectivity index is 1.49. The normalized spacial score (nSPS) is 19.4. The maximum absolute atomic E-state index is 12.8. The van der Waals surface area contributed by atoms with Gasteiger partial charge in [-0.2, -0.15) is 9.61 Å². The molecule has 1 unspecified atom stereocenters. The van der Waals surface area contributed by atoms with Gasteiger partial charge in [-0.05, 0) is 12.5 Å². The van der Waals surface area contributed by atoms with Gasteiger partial charge in [0.15, 0.2) is 21.3 Å². The number of anilines is 1. The predicted octanol–water partition coefficient (Wildman–Crippen LogP) is 3.36. The maximum Gasteiger partial charge on any atom is 0.170 e. The number of carbonyl (C=O) groups is 1. The predicted molar refractivity (Wildman–Crippen MR) is 125 cm³/mol. The van der Waals surface area contributed by atoms with E-state index in [1.54, 1.807) is 16.9 Å². The summed E-state index contributed by atoms with van der Waals surface area (Å²) >= 11 is 0. The number of hydrogen-bond donors (Lipinski definition) is 1. The van der Waals surface area contributed by atoms with Gasteiger partial charge in [-0.3, -0.25) is 9.78 Å². The molecule has 1 saturated heterocycles. The van der Waals surface area contributed by atoms with E-state index in [1.165, 1.54) is 0 Å². The fraction of sp³-hybridized carbons (Fsp3) is 0.250. The molecule has 1 atom stereocenters. The summed E-state index contributed by atoms with van der Waals surface area (Å²) in [6.07, 6.45) is 4.34. The standard InChI is InChI=1S/C24H21N5O3S/c30-20-8-10-25-24-21(20)22(17-9-11-33(31,32)14-17)28-23-18(13-27-29(23)24)16-6-7-19(26-12-16)15-4-2-1-3-5-15/h1-7,12-13,17,25H,8-11,14H2. The molecule has 166 valence electrons. The quantitative estimate of drug-likeness (QED) is 0.501. The average Bonchev–Trinajstić information content (AvgIpc) is 3.42. The van der Waals surface area contributed by atoms with Gasteiger partial charge in [0.1, 0.15) is 5.82 Å². The van der Waals surface area contributed by atoms with Crippen LogP contribution in [0.2, 0.25) is 0 Å². The molecule has 8 nitrogen and oxygen atoms in total. The molecule has 1 aromatic carbocycles. The molecule has 0 radical (unpaired) electrons. The van der Waals surface area contributed by atoms with E-state index >= 15 is 0 Å². The molecule has 0 spiro atoms. The van der Waals surface area contributed by atoms with Crippen molar-refractivity contribution in [3.8, 4) is 22.4 Å². The largest absolute Gasteiger partial charge is 0.369 e. The third-order valence-corrected chi connectivity index (χ3v) is 8.13. The van der Waals surface area contributed by atoms with Gasteiger partial charge in [-0.15, -0.1) is 0 Å². The summed E-state index contributed by atoms with van der Waals surface area (Å²) < 4.78 is 26.0. The average molecular weight is 460 g/mol. The number of nitrogens with one attached hydrogen (secondary N) is 1. The smallest absolute Gasteiger partial charge is 0.170 e. The zero-order chi connectivity index (χ0) is 22.6. The Labute approximate surface area is 190 Å². The van der Waals surface area contributed by atoms with Crippen molar-refractivity contribution in [3.63, 3.8) is 0 Å². The van der Waals surface area contributed by atoms with Gasteiger partial charge in [-0.25, -0.2) is 13.4 Å². The van der Waals surface area contributed by atoms with E-state index in [-0.39, 0.29) is 23.2 Å². The monoisotopic (exact) mass is 459 g/mol. The number of carbonyl (C=O) groups excluding carboxylic acids is 1. The fourth-order valence-electron chi connectivity index (χ4n) is 4.71. The Bertz CT molecular complexity index is 1490. The second kappa shape index (κ2) is 7.48. The van der Waals surface area contributed by atoms with Crippen molar-refractivity contribution in [1.29, 1.82) is 0 Å². The molecule has 0 aliphatic carbocycles. The minimum Gasteiger partial charge on any atom is -0.369 e. The molecule has 0 saturated carbocycles. The molecule has 0 amide bonds. The molecule has 33 heavy (non-hydrogen) atoms. The van der Waals surface area contributed by atoms with E-state index < -0.39 is 9.84 Å².